The minimum Gasteiger partial charge on any atom is -0.323 e. The molecule has 0 aromatic carbocycles. The van der Waals surface area contributed by atoms with Crippen molar-refractivity contribution in [3.8, 4) is 6.07 Å². The summed E-state index contributed by atoms with van der Waals surface area (Å²) in [4.78, 5) is 3.94. The maximum atomic E-state index is 8.70. The second kappa shape index (κ2) is 3.61. The molecule has 0 spiro atoms. The van der Waals surface area contributed by atoms with E-state index in [1.165, 1.54) is 0 Å². The number of hydrogen-bond donors (Lipinski definition) is 0. The number of rotatable bonds is 2. The average Bonchev–Trinajstić information content (AvgIpc) is 2.46. The lowest BCUT2D eigenvalue weighted by Crippen LogP contribution is -2.10. The van der Waals surface area contributed by atoms with Crippen molar-refractivity contribution >= 4 is 0 Å². The van der Waals surface area contributed by atoms with Crippen LogP contribution in [0.15, 0.2) is 12.4 Å². The molecule has 1 aromatic rings. The lowest BCUT2D eigenvalue weighted by molar-refractivity contribution is 0.349. The van der Waals surface area contributed by atoms with E-state index in [-0.39, 0.29) is 0 Å². The number of nitriles is 1. The number of aryl methyl sites for hydroxylation is 1. The van der Waals surface area contributed by atoms with Crippen molar-refractivity contribution in [2.75, 3.05) is 0 Å². The highest BCUT2D eigenvalue weighted by atomic mass is 15.1. The van der Waals surface area contributed by atoms with Gasteiger partial charge in [-0.25, -0.2) is 4.98 Å². The Morgan fingerprint density at radius 3 is 2.77 bits per heavy atom. The molecule has 0 aliphatic carbocycles. The summed E-state index contributed by atoms with van der Waals surface area (Å²) in [5.74, 6) is 0.504. The first kappa shape index (κ1) is 9.79. The third-order valence-electron chi connectivity index (χ3n) is 1.92. The molecule has 0 N–H and O–H groups in total. The zero-order valence-corrected chi connectivity index (χ0v) is 8.41. The smallest absolute Gasteiger partial charge is 0.212 e. The summed E-state index contributed by atoms with van der Waals surface area (Å²) in [7, 11) is 0. The van der Waals surface area contributed by atoms with Crippen LogP contribution in [0.5, 0.6) is 0 Å². The van der Waals surface area contributed by atoms with E-state index in [1.54, 1.807) is 6.20 Å². The van der Waals surface area contributed by atoms with Crippen LogP contribution in [-0.2, 0) is 6.54 Å². The number of aromatic nitrogens is 2. The molecular formula is C10H15N3. The molecule has 0 radical (unpaired) electrons. The van der Waals surface area contributed by atoms with Gasteiger partial charge < -0.3 is 4.57 Å². The molecule has 0 aliphatic rings. The molecule has 1 heterocycles. The Bertz CT molecular complexity index is 312. The third-order valence-corrected chi connectivity index (χ3v) is 1.92. The van der Waals surface area contributed by atoms with Crippen molar-refractivity contribution in [2.24, 2.45) is 5.41 Å². The summed E-state index contributed by atoms with van der Waals surface area (Å²) in [5, 5.41) is 8.70. The van der Waals surface area contributed by atoms with Crippen LogP contribution >= 0.6 is 0 Å². The van der Waals surface area contributed by atoms with Crippen LogP contribution in [0.1, 0.15) is 33.0 Å². The fourth-order valence-corrected chi connectivity index (χ4v) is 1.06. The van der Waals surface area contributed by atoms with Crippen LogP contribution in [0.25, 0.3) is 0 Å². The predicted molar refractivity (Wildman–Crippen MR) is 51.0 cm³/mol. The molecule has 3 nitrogen and oxygen atoms in total. The standard InChI is InChI=1S/C10H15N3/c1-10(2,3)4-6-13-7-5-12-9(13)8-11/h5,7H,4,6H2,1-3H3. The third kappa shape index (κ3) is 2.90. The van der Waals surface area contributed by atoms with Gasteiger partial charge >= 0.3 is 0 Å². The molecule has 1 rings (SSSR count). The van der Waals surface area contributed by atoms with Crippen LogP contribution in [0.4, 0.5) is 0 Å². The summed E-state index contributed by atoms with van der Waals surface area (Å²) >= 11 is 0. The Morgan fingerprint density at radius 1 is 1.54 bits per heavy atom. The van der Waals surface area contributed by atoms with Crippen molar-refractivity contribution in [3.63, 3.8) is 0 Å². The van der Waals surface area contributed by atoms with Crippen molar-refractivity contribution in [1.29, 1.82) is 5.26 Å². The van der Waals surface area contributed by atoms with E-state index >= 15 is 0 Å². The van der Waals surface area contributed by atoms with Gasteiger partial charge in [0.25, 0.3) is 0 Å². The van der Waals surface area contributed by atoms with Gasteiger partial charge in [-0.15, -0.1) is 0 Å². The minimum atomic E-state index is 0.303. The molecule has 3 heteroatoms. The van der Waals surface area contributed by atoms with E-state index in [0.717, 1.165) is 13.0 Å². The van der Waals surface area contributed by atoms with Gasteiger partial charge in [-0.2, -0.15) is 5.26 Å². The maximum absolute atomic E-state index is 8.70. The van der Waals surface area contributed by atoms with Gasteiger partial charge in [0.15, 0.2) is 0 Å². The first-order valence-electron chi connectivity index (χ1n) is 4.44. The van der Waals surface area contributed by atoms with Gasteiger partial charge in [-0.3, -0.25) is 0 Å². The molecular weight excluding hydrogens is 162 g/mol. The zero-order valence-electron chi connectivity index (χ0n) is 8.41. The number of nitrogens with zero attached hydrogens (tertiary/aromatic N) is 3. The Balaban J connectivity index is 2.61. The molecule has 0 unspecified atom stereocenters. The van der Waals surface area contributed by atoms with Crippen LogP contribution in [0, 0.1) is 16.7 Å². The van der Waals surface area contributed by atoms with Gasteiger partial charge in [-0.05, 0) is 11.8 Å². The summed E-state index contributed by atoms with van der Waals surface area (Å²) in [6.45, 7) is 7.44. The monoisotopic (exact) mass is 177 g/mol. The lowest BCUT2D eigenvalue weighted by atomic mass is 9.92. The van der Waals surface area contributed by atoms with E-state index in [0.29, 0.717) is 11.2 Å². The Morgan fingerprint density at radius 2 is 2.23 bits per heavy atom. The summed E-state index contributed by atoms with van der Waals surface area (Å²) in [5.41, 5.74) is 0.303. The predicted octanol–water partition coefficient (Wildman–Crippen LogP) is 2.19. The molecule has 70 valence electrons. The van der Waals surface area contributed by atoms with Gasteiger partial charge in [0.2, 0.25) is 5.82 Å². The van der Waals surface area contributed by atoms with Gasteiger partial charge in [0.05, 0.1) is 0 Å². The first-order chi connectivity index (χ1) is 6.03. The topological polar surface area (TPSA) is 41.6 Å². The van der Waals surface area contributed by atoms with Gasteiger partial charge in [0.1, 0.15) is 6.07 Å². The second-order valence-corrected chi connectivity index (χ2v) is 4.37. The molecule has 0 fully saturated rings. The lowest BCUT2D eigenvalue weighted by Gasteiger charge is -2.18. The van der Waals surface area contributed by atoms with E-state index in [4.69, 9.17) is 5.26 Å². The first-order valence-corrected chi connectivity index (χ1v) is 4.44. The fourth-order valence-electron chi connectivity index (χ4n) is 1.06. The van der Waals surface area contributed by atoms with Gasteiger partial charge in [0, 0.05) is 18.9 Å². The fraction of sp³-hybridized carbons (Fsp3) is 0.600. The molecule has 13 heavy (non-hydrogen) atoms. The van der Waals surface area contributed by atoms with Crippen LogP contribution in [0.2, 0.25) is 0 Å². The van der Waals surface area contributed by atoms with E-state index in [2.05, 4.69) is 31.8 Å². The molecule has 0 amide bonds. The Kier molecular flexibility index (Phi) is 2.72. The highest BCUT2D eigenvalue weighted by Crippen LogP contribution is 2.19. The van der Waals surface area contributed by atoms with Crippen molar-refractivity contribution in [2.45, 2.75) is 33.7 Å². The van der Waals surface area contributed by atoms with Crippen LogP contribution in [0.3, 0.4) is 0 Å². The molecule has 1 aromatic heterocycles. The van der Waals surface area contributed by atoms with E-state index < -0.39 is 0 Å². The highest BCUT2D eigenvalue weighted by molar-refractivity contribution is 5.10. The van der Waals surface area contributed by atoms with Crippen LogP contribution in [-0.4, -0.2) is 9.55 Å². The normalized spacial score (nSPS) is 11.2. The number of imidazole rings is 1. The van der Waals surface area contributed by atoms with E-state index in [1.807, 2.05) is 10.8 Å². The second-order valence-electron chi connectivity index (χ2n) is 4.37. The summed E-state index contributed by atoms with van der Waals surface area (Å²) < 4.78 is 1.89. The SMILES string of the molecule is CC(C)(C)CCn1ccnc1C#N. The quantitative estimate of drug-likeness (QED) is 0.694. The van der Waals surface area contributed by atoms with Crippen molar-refractivity contribution < 1.29 is 0 Å². The average molecular weight is 177 g/mol. The van der Waals surface area contributed by atoms with E-state index in [9.17, 15) is 0 Å². The molecule has 0 saturated carbocycles. The highest BCUT2D eigenvalue weighted by Gasteiger charge is 2.11. The Labute approximate surface area is 79.0 Å². The summed E-state index contributed by atoms with van der Waals surface area (Å²) in [6, 6.07) is 2.06. The number of hydrogen-bond acceptors (Lipinski definition) is 2. The van der Waals surface area contributed by atoms with Gasteiger partial charge in [-0.1, -0.05) is 20.8 Å². The molecule has 0 saturated heterocycles. The minimum absolute atomic E-state index is 0.303. The Hall–Kier alpha value is -1.30. The zero-order chi connectivity index (χ0) is 9.90. The van der Waals surface area contributed by atoms with Crippen LogP contribution < -0.4 is 0 Å². The molecule has 0 aliphatic heterocycles. The molecule has 0 bridgehead atoms. The maximum Gasteiger partial charge on any atom is 0.212 e. The molecule has 0 atom stereocenters. The van der Waals surface area contributed by atoms with Crippen molar-refractivity contribution in [3.05, 3.63) is 18.2 Å². The summed E-state index contributed by atoms with van der Waals surface area (Å²) in [6.07, 6.45) is 4.57. The largest absolute Gasteiger partial charge is 0.323 e. The van der Waals surface area contributed by atoms with Crippen molar-refractivity contribution in [1.82, 2.24) is 9.55 Å².